The van der Waals surface area contributed by atoms with Crippen molar-refractivity contribution in [3.63, 3.8) is 0 Å². The SMILES string of the molecule is COc1ccc(Cl)c2sc(N(Cc3ccco3)C(=O)c3ccc(S(=O)(=O)N4CC(C)CC(C)C4)cc3)nc12. The first kappa shape index (κ1) is 26.7. The minimum Gasteiger partial charge on any atom is -0.494 e. The van der Waals surface area contributed by atoms with Crippen molar-refractivity contribution < 1.29 is 22.4 Å². The van der Waals surface area contributed by atoms with Crippen LogP contribution in [0, 0.1) is 11.8 Å². The minimum atomic E-state index is -3.66. The molecule has 11 heteroatoms. The normalized spacial score (nSPS) is 18.5. The number of amides is 1. The van der Waals surface area contributed by atoms with E-state index < -0.39 is 10.0 Å². The van der Waals surface area contributed by atoms with Gasteiger partial charge in [-0.1, -0.05) is 36.8 Å². The Hall–Kier alpha value is -2.92. The van der Waals surface area contributed by atoms with Gasteiger partial charge in [0.15, 0.2) is 5.13 Å². The monoisotopic (exact) mass is 573 g/mol. The molecular weight excluding hydrogens is 546 g/mol. The Balaban J connectivity index is 1.48. The first-order valence-corrected chi connectivity index (χ1v) is 14.9. The number of fused-ring (bicyclic) bond motifs is 1. The van der Waals surface area contributed by atoms with Crippen molar-refractivity contribution in [2.75, 3.05) is 25.1 Å². The van der Waals surface area contributed by atoms with E-state index in [9.17, 15) is 13.2 Å². The Labute approximate surface area is 230 Å². The third-order valence-electron chi connectivity index (χ3n) is 6.61. The molecule has 1 amide bonds. The number of furan rings is 1. The molecule has 0 saturated carbocycles. The summed E-state index contributed by atoms with van der Waals surface area (Å²) in [6, 6.07) is 13.1. The summed E-state index contributed by atoms with van der Waals surface area (Å²) in [5.41, 5.74) is 0.886. The first-order chi connectivity index (χ1) is 18.2. The fourth-order valence-corrected chi connectivity index (χ4v) is 7.82. The molecule has 0 aliphatic carbocycles. The fourth-order valence-electron chi connectivity index (χ4n) is 4.88. The highest BCUT2D eigenvalue weighted by atomic mass is 35.5. The maximum atomic E-state index is 13.8. The summed E-state index contributed by atoms with van der Waals surface area (Å²) >= 11 is 7.69. The molecule has 2 unspecified atom stereocenters. The van der Waals surface area contributed by atoms with Crippen LogP contribution in [-0.2, 0) is 16.6 Å². The van der Waals surface area contributed by atoms with Gasteiger partial charge in [-0.3, -0.25) is 9.69 Å². The number of hydrogen-bond donors (Lipinski definition) is 0. The molecule has 1 saturated heterocycles. The van der Waals surface area contributed by atoms with Gasteiger partial charge >= 0.3 is 0 Å². The van der Waals surface area contributed by atoms with Crippen molar-refractivity contribution >= 4 is 54.2 Å². The number of aromatic nitrogens is 1. The van der Waals surface area contributed by atoms with Crippen LogP contribution in [0.25, 0.3) is 10.2 Å². The summed E-state index contributed by atoms with van der Waals surface area (Å²) in [7, 11) is -2.11. The van der Waals surface area contributed by atoms with Crippen molar-refractivity contribution in [1.82, 2.24) is 9.29 Å². The van der Waals surface area contributed by atoms with Gasteiger partial charge in [-0.15, -0.1) is 0 Å². The van der Waals surface area contributed by atoms with Gasteiger partial charge in [0.1, 0.15) is 17.0 Å². The fraction of sp³-hybridized carbons (Fsp3) is 0.333. The molecule has 2 aromatic carbocycles. The molecular formula is C27H28ClN3O5S2. The standard InChI is InChI=1S/C27H28ClN3O5S2/c1-17-13-18(2)15-30(14-17)38(33,34)21-8-6-19(7-9-21)26(32)31(16-20-5-4-12-36-20)27-29-24-23(35-3)11-10-22(28)25(24)37-27/h4-12,17-18H,13-16H2,1-3H3. The summed E-state index contributed by atoms with van der Waals surface area (Å²) in [6.45, 7) is 5.26. The molecule has 2 aromatic heterocycles. The number of benzene rings is 2. The van der Waals surface area contributed by atoms with Crippen LogP contribution in [0.5, 0.6) is 5.75 Å². The van der Waals surface area contributed by atoms with Crippen molar-refractivity contribution in [3.05, 3.63) is 71.1 Å². The van der Waals surface area contributed by atoms with E-state index in [-0.39, 0.29) is 17.3 Å². The second kappa shape index (κ2) is 10.7. The van der Waals surface area contributed by atoms with Crippen LogP contribution in [0.2, 0.25) is 5.02 Å². The zero-order chi connectivity index (χ0) is 27.0. The van der Waals surface area contributed by atoms with E-state index in [0.717, 1.165) is 6.42 Å². The molecule has 0 N–H and O–H groups in total. The number of ether oxygens (including phenoxy) is 1. The summed E-state index contributed by atoms with van der Waals surface area (Å²) < 4.78 is 39.8. The van der Waals surface area contributed by atoms with Gasteiger partial charge in [0.25, 0.3) is 5.91 Å². The van der Waals surface area contributed by atoms with Crippen LogP contribution >= 0.6 is 22.9 Å². The van der Waals surface area contributed by atoms with Gasteiger partial charge in [0, 0.05) is 18.7 Å². The Morgan fingerprint density at radius 3 is 2.50 bits per heavy atom. The van der Waals surface area contributed by atoms with E-state index in [1.807, 2.05) is 0 Å². The smallest absolute Gasteiger partial charge is 0.260 e. The Morgan fingerprint density at radius 1 is 1.16 bits per heavy atom. The first-order valence-electron chi connectivity index (χ1n) is 12.2. The molecule has 1 fully saturated rings. The maximum Gasteiger partial charge on any atom is 0.260 e. The lowest BCUT2D eigenvalue weighted by Crippen LogP contribution is -2.42. The lowest BCUT2D eigenvalue weighted by atomic mass is 9.94. The maximum absolute atomic E-state index is 13.8. The second-order valence-corrected chi connectivity index (χ2v) is 13.0. The number of methoxy groups -OCH3 is 1. The topological polar surface area (TPSA) is 92.9 Å². The number of thiazole rings is 1. The highest BCUT2D eigenvalue weighted by molar-refractivity contribution is 7.89. The highest BCUT2D eigenvalue weighted by Crippen LogP contribution is 2.39. The molecule has 200 valence electrons. The lowest BCUT2D eigenvalue weighted by molar-refractivity contribution is 0.0983. The van der Waals surface area contributed by atoms with E-state index in [2.05, 4.69) is 18.8 Å². The van der Waals surface area contributed by atoms with Gasteiger partial charge in [0.2, 0.25) is 10.0 Å². The van der Waals surface area contributed by atoms with E-state index in [4.69, 9.17) is 20.8 Å². The number of hydrogen-bond acceptors (Lipinski definition) is 7. The summed E-state index contributed by atoms with van der Waals surface area (Å²) in [5, 5.41) is 0.923. The van der Waals surface area contributed by atoms with E-state index >= 15 is 0 Å². The second-order valence-electron chi connectivity index (χ2n) is 9.69. The van der Waals surface area contributed by atoms with Crippen molar-refractivity contribution in [2.24, 2.45) is 11.8 Å². The molecule has 1 aliphatic rings. The number of sulfonamides is 1. The van der Waals surface area contributed by atoms with Crippen molar-refractivity contribution in [1.29, 1.82) is 0 Å². The van der Waals surface area contributed by atoms with Crippen LogP contribution in [0.3, 0.4) is 0 Å². The number of anilines is 1. The molecule has 5 rings (SSSR count). The predicted molar refractivity (Wildman–Crippen MR) is 149 cm³/mol. The number of piperidine rings is 1. The number of rotatable bonds is 7. The molecule has 8 nitrogen and oxygen atoms in total. The van der Waals surface area contributed by atoms with Crippen LogP contribution in [-0.4, -0.2) is 43.8 Å². The van der Waals surface area contributed by atoms with Gasteiger partial charge < -0.3 is 9.15 Å². The number of halogens is 1. The van der Waals surface area contributed by atoms with Gasteiger partial charge in [-0.25, -0.2) is 13.4 Å². The number of carbonyl (C=O) groups is 1. The molecule has 1 aliphatic heterocycles. The Bertz CT molecular complexity index is 1540. The predicted octanol–water partition coefficient (Wildman–Crippen LogP) is 6.06. The third kappa shape index (κ3) is 5.18. The summed E-state index contributed by atoms with van der Waals surface area (Å²) in [4.78, 5) is 20.1. The van der Waals surface area contributed by atoms with Gasteiger partial charge in [-0.2, -0.15) is 4.31 Å². The highest BCUT2D eigenvalue weighted by Gasteiger charge is 2.32. The Morgan fingerprint density at radius 2 is 1.87 bits per heavy atom. The van der Waals surface area contributed by atoms with Crippen LogP contribution in [0.15, 0.2) is 64.1 Å². The van der Waals surface area contributed by atoms with Crippen LogP contribution in [0.1, 0.15) is 36.4 Å². The Kier molecular flexibility index (Phi) is 7.50. The molecule has 4 aromatic rings. The zero-order valence-electron chi connectivity index (χ0n) is 21.3. The van der Waals surface area contributed by atoms with E-state index in [1.54, 1.807) is 47.8 Å². The molecule has 38 heavy (non-hydrogen) atoms. The van der Waals surface area contributed by atoms with Crippen molar-refractivity contribution in [3.8, 4) is 5.75 Å². The molecule has 0 bridgehead atoms. The van der Waals surface area contributed by atoms with Gasteiger partial charge in [-0.05, 0) is 66.8 Å². The van der Waals surface area contributed by atoms with E-state index in [1.165, 1.54) is 34.6 Å². The molecule has 2 atom stereocenters. The molecule has 3 heterocycles. The summed E-state index contributed by atoms with van der Waals surface area (Å²) in [6.07, 6.45) is 2.55. The van der Waals surface area contributed by atoms with E-state index in [0.29, 0.717) is 62.4 Å². The molecule has 0 radical (unpaired) electrons. The quantitative estimate of drug-likeness (QED) is 0.267. The largest absolute Gasteiger partial charge is 0.494 e. The van der Waals surface area contributed by atoms with Crippen molar-refractivity contribution in [2.45, 2.75) is 31.7 Å². The molecule has 0 spiro atoms. The number of carbonyl (C=O) groups excluding carboxylic acids is 1. The summed E-state index contributed by atoms with van der Waals surface area (Å²) in [5.74, 6) is 1.37. The van der Waals surface area contributed by atoms with Gasteiger partial charge in [0.05, 0.1) is 34.5 Å². The van der Waals surface area contributed by atoms with Crippen LogP contribution in [0.4, 0.5) is 5.13 Å². The zero-order valence-corrected chi connectivity index (χ0v) is 23.6. The van der Waals surface area contributed by atoms with Crippen LogP contribution < -0.4 is 9.64 Å². The number of nitrogens with zero attached hydrogens (tertiary/aromatic N) is 3. The third-order valence-corrected chi connectivity index (χ3v) is 10.00. The lowest BCUT2D eigenvalue weighted by Gasteiger charge is -2.34. The average Bonchev–Trinajstić information content (AvgIpc) is 3.57. The minimum absolute atomic E-state index is 0.134. The average molecular weight is 574 g/mol.